The molecule has 4 heteroatoms. The summed E-state index contributed by atoms with van der Waals surface area (Å²) in [7, 11) is 0. The summed E-state index contributed by atoms with van der Waals surface area (Å²) in [5.41, 5.74) is 9.61. The quantitative estimate of drug-likeness (QED) is 0.346. The summed E-state index contributed by atoms with van der Waals surface area (Å²) in [6.07, 6.45) is 3.61. The molecule has 0 fully saturated rings. The molecule has 1 aliphatic carbocycles. The van der Waals surface area contributed by atoms with Gasteiger partial charge < -0.3 is 37.2 Å². The first-order valence-electron chi connectivity index (χ1n) is 8.41. The van der Waals surface area contributed by atoms with Crippen LogP contribution in [-0.4, -0.2) is 0 Å². The Morgan fingerprint density at radius 2 is 1.22 bits per heavy atom. The summed E-state index contributed by atoms with van der Waals surface area (Å²) in [5.74, 6) is 0.691. The smallest absolute Gasteiger partial charge is 1.00 e. The second-order valence-electron chi connectivity index (χ2n) is 6.83. The molecule has 0 bridgehead atoms. The average molecular weight is 456 g/mol. The van der Waals surface area contributed by atoms with Crippen molar-refractivity contribution in [2.45, 2.75) is 40.5 Å². The van der Waals surface area contributed by atoms with Crippen LogP contribution in [0.1, 0.15) is 48.9 Å². The van der Waals surface area contributed by atoms with Crippen LogP contribution in [0.15, 0.2) is 65.3 Å². The largest absolute Gasteiger partial charge is 4.00 e. The molecule has 1 atom stereocenters. The van der Waals surface area contributed by atoms with Crippen molar-refractivity contribution < 1.29 is 58.9 Å². The number of hydrogen-bond donors (Lipinski definition) is 0. The molecular weight excluding hydrogens is 430 g/mol. The first-order chi connectivity index (χ1) is 11.0. The van der Waals surface area contributed by atoms with E-state index < -0.39 is 0 Å². The Labute approximate surface area is 198 Å². The number of allylic oxidation sites excluding steroid dienone is 4. The summed E-state index contributed by atoms with van der Waals surface area (Å²) in [6, 6.07) is 17.9. The Balaban J connectivity index is 0. The van der Waals surface area contributed by atoms with E-state index in [1.807, 2.05) is 0 Å². The summed E-state index contributed by atoms with van der Waals surface area (Å²) in [5, 5.41) is 0. The molecule has 0 nitrogen and oxygen atoms in total. The minimum atomic E-state index is 0. The first kappa shape index (κ1) is 28.7. The van der Waals surface area contributed by atoms with Gasteiger partial charge in [-0.25, -0.2) is 5.57 Å². The standard InChI is InChI=1S/C23H25.3ClH.Ti/c1-15-8-6-10-20(12-15)23(21-11-7-9-16(2)13-21)22-18(4)14-17(3)19(22)5;;;;/h6-13,18,23H,1-5H3;3*1H;/q-1;;;;+4/p-3. The maximum absolute atomic E-state index is 3.61. The van der Waals surface area contributed by atoms with Gasteiger partial charge in [-0.05, 0) is 25.0 Å². The fourth-order valence-electron chi connectivity index (χ4n) is 3.77. The average Bonchev–Trinajstić information content (AvgIpc) is 2.74. The minimum Gasteiger partial charge on any atom is -1.00 e. The Hall–Kier alpha value is -0.496. The van der Waals surface area contributed by atoms with Crippen LogP contribution in [0.25, 0.3) is 0 Å². The summed E-state index contributed by atoms with van der Waals surface area (Å²) >= 11 is 0. The Bertz CT molecular complexity index is 763. The predicted octanol–water partition coefficient (Wildman–Crippen LogP) is -2.84. The van der Waals surface area contributed by atoms with Gasteiger partial charge in [-0.1, -0.05) is 79.4 Å². The zero-order valence-corrected chi connectivity index (χ0v) is 20.2. The Morgan fingerprint density at radius 3 is 1.56 bits per heavy atom. The molecule has 0 saturated heterocycles. The van der Waals surface area contributed by atoms with Gasteiger partial charge in [-0.15, -0.1) is 12.5 Å². The number of aryl methyl sites for hydroxylation is 2. The van der Waals surface area contributed by atoms with E-state index >= 15 is 0 Å². The molecular formula is C23H25Cl3Ti. The molecule has 0 heterocycles. The van der Waals surface area contributed by atoms with Crippen molar-refractivity contribution in [1.29, 1.82) is 0 Å². The fourth-order valence-corrected chi connectivity index (χ4v) is 3.77. The van der Waals surface area contributed by atoms with Gasteiger partial charge in [0.15, 0.2) is 0 Å². The Morgan fingerprint density at radius 1 is 0.778 bits per heavy atom. The monoisotopic (exact) mass is 454 g/mol. The van der Waals surface area contributed by atoms with E-state index in [9.17, 15) is 0 Å². The second kappa shape index (κ2) is 12.1. The number of halogens is 3. The zero-order valence-electron chi connectivity index (χ0n) is 16.4. The summed E-state index contributed by atoms with van der Waals surface area (Å²) in [4.78, 5) is 0. The molecule has 1 aliphatic rings. The van der Waals surface area contributed by atoms with Crippen LogP contribution in [0.4, 0.5) is 0 Å². The van der Waals surface area contributed by atoms with Crippen LogP contribution in [-0.2, 0) is 21.7 Å². The second-order valence-corrected chi connectivity index (χ2v) is 6.83. The van der Waals surface area contributed by atoms with Crippen LogP contribution < -0.4 is 37.2 Å². The van der Waals surface area contributed by atoms with E-state index in [1.165, 1.54) is 39.0 Å². The summed E-state index contributed by atoms with van der Waals surface area (Å²) in [6.45, 7) is 11.0. The molecule has 0 aliphatic heterocycles. The number of benzene rings is 2. The molecule has 2 aromatic carbocycles. The molecule has 0 radical (unpaired) electrons. The van der Waals surface area contributed by atoms with E-state index in [0.29, 0.717) is 11.8 Å². The first-order valence-corrected chi connectivity index (χ1v) is 8.41. The van der Waals surface area contributed by atoms with E-state index in [2.05, 4.69) is 89.2 Å². The van der Waals surface area contributed by atoms with Crippen LogP contribution in [0.5, 0.6) is 0 Å². The van der Waals surface area contributed by atoms with Crippen molar-refractivity contribution in [3.8, 4) is 0 Å². The van der Waals surface area contributed by atoms with Crippen molar-refractivity contribution in [1.82, 2.24) is 0 Å². The van der Waals surface area contributed by atoms with Crippen molar-refractivity contribution in [3.05, 3.63) is 93.6 Å². The van der Waals surface area contributed by atoms with Gasteiger partial charge in [-0.3, -0.25) is 6.08 Å². The fraction of sp³-hybridized carbons (Fsp3) is 0.304. The minimum absolute atomic E-state index is 0. The van der Waals surface area contributed by atoms with E-state index in [1.54, 1.807) is 0 Å². The third-order valence-electron chi connectivity index (χ3n) is 4.96. The molecule has 1 unspecified atom stereocenters. The van der Waals surface area contributed by atoms with E-state index in [0.717, 1.165) is 0 Å². The van der Waals surface area contributed by atoms with Gasteiger partial charge in [0.1, 0.15) is 0 Å². The maximum atomic E-state index is 3.61. The zero-order chi connectivity index (χ0) is 16.6. The van der Waals surface area contributed by atoms with Gasteiger partial charge in [-0.2, -0.15) is 5.57 Å². The van der Waals surface area contributed by atoms with Crippen LogP contribution in [0.3, 0.4) is 0 Å². The van der Waals surface area contributed by atoms with E-state index in [-0.39, 0.29) is 58.9 Å². The predicted molar refractivity (Wildman–Crippen MR) is 98.5 cm³/mol. The molecule has 142 valence electrons. The Kier molecular flexibility index (Phi) is 12.9. The van der Waals surface area contributed by atoms with Gasteiger partial charge >= 0.3 is 21.7 Å². The topological polar surface area (TPSA) is 0 Å². The van der Waals surface area contributed by atoms with Crippen molar-refractivity contribution in [2.24, 2.45) is 5.92 Å². The van der Waals surface area contributed by atoms with Crippen molar-refractivity contribution >= 4 is 0 Å². The van der Waals surface area contributed by atoms with Crippen LogP contribution in [0.2, 0.25) is 0 Å². The van der Waals surface area contributed by atoms with Gasteiger partial charge in [0, 0.05) is 5.92 Å². The maximum Gasteiger partial charge on any atom is 4.00 e. The molecule has 0 N–H and O–H groups in total. The van der Waals surface area contributed by atoms with Gasteiger partial charge in [0.2, 0.25) is 0 Å². The molecule has 2 aromatic rings. The molecule has 0 spiro atoms. The molecule has 27 heavy (non-hydrogen) atoms. The third kappa shape index (κ3) is 6.24. The number of rotatable bonds is 3. The summed E-state index contributed by atoms with van der Waals surface area (Å²) < 4.78 is 0. The SMILES string of the molecule is CC1=[C-]C(C)C(C(c2cccc(C)c2)c2cccc(C)c2)=C1C.[Cl-].[Cl-].[Cl-].[Ti+4]. The molecule has 0 amide bonds. The molecule has 3 rings (SSSR count). The van der Waals surface area contributed by atoms with E-state index in [4.69, 9.17) is 0 Å². The third-order valence-corrected chi connectivity index (χ3v) is 4.96. The normalized spacial score (nSPS) is 15.2. The van der Waals surface area contributed by atoms with Crippen molar-refractivity contribution in [2.75, 3.05) is 0 Å². The van der Waals surface area contributed by atoms with Crippen molar-refractivity contribution in [3.63, 3.8) is 0 Å². The molecule has 0 saturated carbocycles. The van der Waals surface area contributed by atoms with Crippen LogP contribution >= 0.6 is 0 Å². The number of hydrogen-bond acceptors (Lipinski definition) is 0. The van der Waals surface area contributed by atoms with Gasteiger partial charge in [0.25, 0.3) is 0 Å². The van der Waals surface area contributed by atoms with Gasteiger partial charge in [0.05, 0.1) is 0 Å². The molecule has 0 aromatic heterocycles. The van der Waals surface area contributed by atoms with Crippen LogP contribution in [0, 0.1) is 25.8 Å².